The van der Waals surface area contributed by atoms with E-state index >= 15 is 0 Å². The summed E-state index contributed by atoms with van der Waals surface area (Å²) in [6, 6.07) is -2.04. The Morgan fingerprint density at radius 3 is 2.11 bits per heavy atom. The first-order chi connectivity index (χ1) is 13.2. The van der Waals surface area contributed by atoms with Gasteiger partial charge in [-0.3, -0.25) is 9.59 Å². The summed E-state index contributed by atoms with van der Waals surface area (Å²) >= 11 is 0. The lowest BCUT2D eigenvalue weighted by atomic mass is 9.95. The first-order valence-electron chi connectivity index (χ1n) is 8.92. The van der Waals surface area contributed by atoms with Gasteiger partial charge in [0.25, 0.3) is 0 Å². The molecule has 2 amide bonds. The third kappa shape index (κ3) is 5.15. The Morgan fingerprint density at radius 1 is 0.964 bits per heavy atom. The summed E-state index contributed by atoms with van der Waals surface area (Å²) in [5, 5.41) is 54.7. The smallest absolute Gasteiger partial charge is 0.217 e. The highest BCUT2D eigenvalue weighted by atomic mass is 16.7. The van der Waals surface area contributed by atoms with Gasteiger partial charge < -0.3 is 50.4 Å². The van der Waals surface area contributed by atoms with E-state index in [2.05, 4.69) is 10.6 Å². The number of aliphatic hydroxyl groups is 5. The third-order valence-corrected chi connectivity index (χ3v) is 4.72. The van der Waals surface area contributed by atoms with Gasteiger partial charge in [0.1, 0.15) is 42.7 Å². The molecule has 0 saturated carbocycles. The number of carbonyl (C=O) groups excluding carboxylic acids is 2. The number of aliphatic hydroxyl groups excluding tert-OH is 5. The van der Waals surface area contributed by atoms with Gasteiger partial charge in [-0.25, -0.2) is 0 Å². The number of hydrogen-bond acceptors (Lipinski definition) is 10. The summed E-state index contributed by atoms with van der Waals surface area (Å²) < 4.78 is 16.6. The van der Waals surface area contributed by atoms with E-state index in [0.29, 0.717) is 0 Å². The van der Waals surface area contributed by atoms with Crippen LogP contribution in [0.25, 0.3) is 0 Å². The molecule has 0 bridgehead atoms. The Labute approximate surface area is 161 Å². The zero-order valence-electron chi connectivity index (χ0n) is 15.6. The van der Waals surface area contributed by atoms with E-state index in [0.717, 1.165) is 0 Å². The van der Waals surface area contributed by atoms with E-state index in [1.165, 1.54) is 13.8 Å². The maximum atomic E-state index is 11.5. The predicted octanol–water partition coefficient (Wildman–Crippen LogP) is -4.43. The van der Waals surface area contributed by atoms with E-state index < -0.39 is 80.0 Å². The second kappa shape index (κ2) is 9.89. The van der Waals surface area contributed by atoms with Gasteiger partial charge in [-0.05, 0) is 0 Å². The minimum absolute atomic E-state index is 0.0624. The maximum absolute atomic E-state index is 11.5. The Morgan fingerprint density at radius 2 is 1.57 bits per heavy atom. The second-order valence-electron chi connectivity index (χ2n) is 6.89. The van der Waals surface area contributed by atoms with Crippen molar-refractivity contribution in [2.24, 2.45) is 0 Å². The van der Waals surface area contributed by atoms with Crippen LogP contribution in [0.1, 0.15) is 13.8 Å². The normalized spacial score (nSPS) is 41.3. The second-order valence-corrected chi connectivity index (χ2v) is 6.89. The van der Waals surface area contributed by atoms with Crippen molar-refractivity contribution in [2.45, 2.75) is 68.8 Å². The number of amides is 2. The van der Waals surface area contributed by atoms with Gasteiger partial charge in [0.05, 0.1) is 25.9 Å². The van der Waals surface area contributed by atoms with E-state index in [1.54, 1.807) is 0 Å². The van der Waals surface area contributed by atoms with Crippen molar-refractivity contribution in [3.63, 3.8) is 0 Å². The summed E-state index contributed by atoms with van der Waals surface area (Å²) in [5.41, 5.74) is 0. The molecular formula is C16H28N2O10. The summed E-state index contributed by atoms with van der Waals surface area (Å²) in [7, 11) is 0. The lowest BCUT2D eigenvalue weighted by molar-refractivity contribution is -0.309. The highest BCUT2D eigenvalue weighted by molar-refractivity contribution is 5.73. The molecule has 7 N–H and O–H groups in total. The number of nitrogens with one attached hydrogen (secondary N) is 2. The molecule has 12 nitrogen and oxygen atoms in total. The van der Waals surface area contributed by atoms with Crippen LogP contribution in [-0.2, 0) is 23.8 Å². The molecule has 2 rings (SSSR count). The number of hydrogen-bond donors (Lipinski definition) is 7. The minimum atomic E-state index is -1.53. The first kappa shape index (κ1) is 22.9. The lowest BCUT2D eigenvalue weighted by Crippen LogP contribution is -2.67. The molecule has 0 aliphatic carbocycles. The number of rotatable bonds is 6. The van der Waals surface area contributed by atoms with Crippen molar-refractivity contribution in [3.05, 3.63) is 0 Å². The topological polar surface area (TPSA) is 187 Å². The number of ether oxygens (including phenoxy) is 3. The largest absolute Gasteiger partial charge is 0.394 e. The van der Waals surface area contributed by atoms with Crippen LogP contribution in [0, 0.1) is 0 Å². The molecule has 162 valence electrons. The molecule has 0 spiro atoms. The van der Waals surface area contributed by atoms with E-state index in [1.807, 2.05) is 0 Å². The van der Waals surface area contributed by atoms with Crippen molar-refractivity contribution in [2.75, 3.05) is 19.8 Å². The molecule has 12 heteroatoms. The molecule has 0 aromatic rings. The summed E-state index contributed by atoms with van der Waals surface area (Å²) in [4.78, 5) is 22.8. The van der Waals surface area contributed by atoms with Crippen LogP contribution < -0.4 is 10.6 Å². The van der Waals surface area contributed by atoms with Crippen LogP contribution in [0.2, 0.25) is 0 Å². The van der Waals surface area contributed by atoms with Crippen LogP contribution in [0.5, 0.6) is 0 Å². The van der Waals surface area contributed by atoms with Crippen LogP contribution in [0.3, 0.4) is 0 Å². The highest BCUT2D eigenvalue weighted by Crippen LogP contribution is 2.27. The molecule has 2 fully saturated rings. The fraction of sp³-hybridized carbons (Fsp3) is 0.875. The van der Waals surface area contributed by atoms with Crippen LogP contribution in [0.15, 0.2) is 0 Å². The molecule has 0 unspecified atom stereocenters. The molecule has 2 aliphatic heterocycles. The van der Waals surface area contributed by atoms with Gasteiger partial charge in [0, 0.05) is 13.8 Å². The average Bonchev–Trinajstić information content (AvgIpc) is 2.63. The standard InChI is InChI=1S/C16H28N2O10/c1-6(21)17-8-5-26-10(4-20)15(12(8)23)28-16-11(18-7(2)22)14(25)13(24)9(3-19)27-16/h8-16,19-20,23-25H,3-5H2,1-2H3,(H,17,21)(H,18,22)/t8-,9+,10-,11+,12-,13-,14+,15-,16+/m1/s1. The minimum Gasteiger partial charge on any atom is -0.394 e. The number of carbonyl (C=O) groups is 2. The molecule has 2 aliphatic rings. The summed E-state index contributed by atoms with van der Waals surface area (Å²) in [5.74, 6) is -0.941. The lowest BCUT2D eigenvalue weighted by Gasteiger charge is -2.46. The molecular weight excluding hydrogens is 380 g/mol. The van der Waals surface area contributed by atoms with Gasteiger partial charge in [-0.15, -0.1) is 0 Å². The average molecular weight is 408 g/mol. The summed E-state index contributed by atoms with van der Waals surface area (Å²) in [6.07, 6.45) is -9.07. The van der Waals surface area contributed by atoms with Crippen molar-refractivity contribution in [1.29, 1.82) is 0 Å². The molecule has 2 saturated heterocycles. The van der Waals surface area contributed by atoms with Gasteiger partial charge >= 0.3 is 0 Å². The predicted molar refractivity (Wildman–Crippen MR) is 90.7 cm³/mol. The Hall–Kier alpha value is -1.38. The maximum Gasteiger partial charge on any atom is 0.217 e. The molecule has 28 heavy (non-hydrogen) atoms. The Kier molecular flexibility index (Phi) is 8.09. The van der Waals surface area contributed by atoms with Crippen molar-refractivity contribution < 1.29 is 49.3 Å². The van der Waals surface area contributed by atoms with Crippen molar-refractivity contribution in [1.82, 2.24) is 10.6 Å². The zero-order valence-corrected chi connectivity index (χ0v) is 15.6. The molecule has 9 atom stereocenters. The van der Waals surface area contributed by atoms with E-state index in [9.17, 15) is 35.1 Å². The Bertz CT molecular complexity index is 550. The first-order valence-corrected chi connectivity index (χ1v) is 8.92. The SMILES string of the molecule is CC(=O)N[C@@H]1[C@H](O[C@H]2[C@H](O)[C@H](NC(C)=O)CO[C@@H]2CO)O[C@@H](CO)[C@@H](O)[C@H]1O. The zero-order chi connectivity index (χ0) is 21.0. The van der Waals surface area contributed by atoms with Crippen LogP contribution >= 0.6 is 0 Å². The van der Waals surface area contributed by atoms with E-state index in [-0.39, 0.29) is 6.61 Å². The van der Waals surface area contributed by atoms with Gasteiger partial charge in [0.15, 0.2) is 6.29 Å². The monoisotopic (exact) mass is 408 g/mol. The molecule has 2 heterocycles. The van der Waals surface area contributed by atoms with Crippen LogP contribution in [-0.4, -0.2) is 112 Å². The Balaban J connectivity index is 2.22. The summed E-state index contributed by atoms with van der Waals surface area (Å²) in [6.45, 7) is 1.25. The van der Waals surface area contributed by atoms with Crippen LogP contribution in [0.4, 0.5) is 0 Å². The molecule has 0 aromatic carbocycles. The third-order valence-electron chi connectivity index (χ3n) is 4.72. The fourth-order valence-corrected chi connectivity index (χ4v) is 3.32. The van der Waals surface area contributed by atoms with Gasteiger partial charge in [-0.2, -0.15) is 0 Å². The van der Waals surface area contributed by atoms with Crippen molar-refractivity contribution in [3.8, 4) is 0 Å². The molecule has 0 radical (unpaired) electrons. The fourth-order valence-electron chi connectivity index (χ4n) is 3.32. The highest BCUT2D eigenvalue weighted by Gasteiger charge is 2.49. The molecule has 0 aromatic heterocycles. The van der Waals surface area contributed by atoms with Gasteiger partial charge in [0.2, 0.25) is 11.8 Å². The van der Waals surface area contributed by atoms with Gasteiger partial charge in [-0.1, -0.05) is 0 Å². The van der Waals surface area contributed by atoms with E-state index in [4.69, 9.17) is 14.2 Å². The quantitative estimate of drug-likeness (QED) is 0.226. The van der Waals surface area contributed by atoms with Crippen molar-refractivity contribution >= 4 is 11.8 Å².